The second-order valence-electron chi connectivity index (χ2n) is 7.20. The highest BCUT2D eigenvalue weighted by Gasteiger charge is 2.15. The first-order valence-corrected chi connectivity index (χ1v) is 9.44. The van der Waals surface area contributed by atoms with Gasteiger partial charge in [0.15, 0.2) is 6.61 Å². The van der Waals surface area contributed by atoms with Crippen molar-refractivity contribution in [3.05, 3.63) is 58.1 Å². The number of carbonyl (C=O) groups is 1. The second kappa shape index (κ2) is 9.08. The molecule has 2 rings (SSSR count). The minimum absolute atomic E-state index is 0.0299. The molecule has 0 heterocycles. The predicted molar refractivity (Wildman–Crippen MR) is 108 cm³/mol. The van der Waals surface area contributed by atoms with E-state index >= 15 is 0 Å². The summed E-state index contributed by atoms with van der Waals surface area (Å²) in [4.78, 5) is 11.9. The number of hydrogen-bond donors (Lipinski definition) is 1. The fraction of sp³-hybridized carbons (Fsp3) is 0.381. The van der Waals surface area contributed by atoms with Crippen LogP contribution < -0.4 is 14.8 Å². The second-order valence-corrected chi connectivity index (χ2v) is 8.05. The number of benzene rings is 2. The molecule has 0 unspecified atom stereocenters. The van der Waals surface area contributed by atoms with Crippen molar-refractivity contribution in [1.29, 1.82) is 0 Å². The number of carbonyl (C=O) groups excluding carboxylic acids is 1. The largest absolute Gasteiger partial charge is 0.492 e. The lowest BCUT2D eigenvalue weighted by Gasteiger charge is -2.20. The van der Waals surface area contributed by atoms with Crippen molar-refractivity contribution in [3.8, 4) is 11.5 Å². The molecule has 4 nitrogen and oxygen atoms in total. The molecule has 0 radical (unpaired) electrons. The van der Waals surface area contributed by atoms with Gasteiger partial charge >= 0.3 is 0 Å². The molecule has 0 aliphatic rings. The molecule has 0 saturated heterocycles. The molecular weight excluding hydrogens is 394 g/mol. The fourth-order valence-corrected chi connectivity index (χ4v) is 2.84. The molecule has 2 aromatic rings. The Hall–Kier alpha value is -2.01. The van der Waals surface area contributed by atoms with E-state index < -0.39 is 0 Å². The predicted octanol–water partition coefficient (Wildman–Crippen LogP) is 4.63. The van der Waals surface area contributed by atoms with E-state index in [4.69, 9.17) is 9.47 Å². The van der Waals surface area contributed by atoms with Gasteiger partial charge in [-0.1, -0.05) is 39.0 Å². The van der Waals surface area contributed by atoms with E-state index in [1.807, 2.05) is 49.4 Å². The van der Waals surface area contributed by atoms with Gasteiger partial charge < -0.3 is 14.8 Å². The Kier molecular flexibility index (Phi) is 7.09. The van der Waals surface area contributed by atoms with Crippen molar-refractivity contribution in [2.75, 3.05) is 19.8 Å². The van der Waals surface area contributed by atoms with Gasteiger partial charge in [-0.3, -0.25) is 4.79 Å². The number of rotatable bonds is 7. The molecule has 0 aliphatic carbocycles. The van der Waals surface area contributed by atoms with Crippen molar-refractivity contribution in [2.24, 2.45) is 0 Å². The maximum Gasteiger partial charge on any atom is 0.258 e. The van der Waals surface area contributed by atoms with E-state index in [1.54, 1.807) is 0 Å². The monoisotopic (exact) mass is 419 g/mol. The van der Waals surface area contributed by atoms with Crippen LogP contribution in [0.25, 0.3) is 0 Å². The summed E-state index contributed by atoms with van der Waals surface area (Å²) in [5, 5.41) is 2.79. The zero-order valence-corrected chi connectivity index (χ0v) is 17.4. The smallest absolute Gasteiger partial charge is 0.258 e. The average Bonchev–Trinajstić information content (AvgIpc) is 2.57. The van der Waals surface area contributed by atoms with Crippen LogP contribution in [0.5, 0.6) is 11.5 Å². The van der Waals surface area contributed by atoms with Gasteiger partial charge in [0, 0.05) is 0 Å². The Morgan fingerprint density at radius 2 is 1.88 bits per heavy atom. The molecule has 0 fully saturated rings. The van der Waals surface area contributed by atoms with Crippen LogP contribution in [-0.2, 0) is 10.2 Å². The first kappa shape index (κ1) is 20.3. The Labute approximate surface area is 164 Å². The van der Waals surface area contributed by atoms with Gasteiger partial charge in [0.1, 0.15) is 18.1 Å². The first-order chi connectivity index (χ1) is 12.3. The lowest BCUT2D eigenvalue weighted by Crippen LogP contribution is -2.32. The standard InChI is InChI=1S/C21H26BrNO3/c1-15-6-5-7-17(12-15)25-11-10-23-20(24)14-26-19-9-8-16(13-18(19)22)21(2,3)4/h5-9,12-13H,10-11,14H2,1-4H3,(H,23,24). The number of aryl methyl sites for hydroxylation is 1. The van der Waals surface area contributed by atoms with Crippen molar-refractivity contribution in [2.45, 2.75) is 33.1 Å². The molecule has 0 aromatic heterocycles. The van der Waals surface area contributed by atoms with Crippen molar-refractivity contribution in [3.63, 3.8) is 0 Å². The van der Waals surface area contributed by atoms with E-state index in [-0.39, 0.29) is 17.9 Å². The van der Waals surface area contributed by atoms with E-state index in [2.05, 4.69) is 42.0 Å². The average molecular weight is 420 g/mol. The third-order valence-electron chi connectivity index (χ3n) is 3.84. The number of nitrogens with one attached hydrogen (secondary N) is 1. The zero-order chi connectivity index (χ0) is 19.2. The van der Waals surface area contributed by atoms with Crippen LogP contribution in [0.4, 0.5) is 0 Å². The molecule has 0 spiro atoms. The molecule has 2 aromatic carbocycles. The van der Waals surface area contributed by atoms with Crippen LogP contribution in [0.3, 0.4) is 0 Å². The summed E-state index contributed by atoms with van der Waals surface area (Å²) in [6.07, 6.45) is 0. The Morgan fingerprint density at radius 3 is 2.54 bits per heavy atom. The lowest BCUT2D eigenvalue weighted by atomic mass is 9.87. The van der Waals surface area contributed by atoms with Gasteiger partial charge in [-0.25, -0.2) is 0 Å². The highest BCUT2D eigenvalue weighted by atomic mass is 79.9. The molecule has 26 heavy (non-hydrogen) atoms. The number of ether oxygens (including phenoxy) is 2. The molecule has 140 valence electrons. The number of hydrogen-bond acceptors (Lipinski definition) is 3. The normalized spacial score (nSPS) is 11.1. The van der Waals surface area contributed by atoms with E-state index in [9.17, 15) is 4.79 Å². The highest BCUT2D eigenvalue weighted by molar-refractivity contribution is 9.10. The van der Waals surface area contributed by atoms with Gasteiger partial charge in [0.25, 0.3) is 5.91 Å². The van der Waals surface area contributed by atoms with Gasteiger partial charge in [-0.2, -0.15) is 0 Å². The maximum atomic E-state index is 11.9. The minimum Gasteiger partial charge on any atom is -0.492 e. The molecule has 0 saturated carbocycles. The highest BCUT2D eigenvalue weighted by Crippen LogP contribution is 2.31. The van der Waals surface area contributed by atoms with Crippen molar-refractivity contribution >= 4 is 21.8 Å². The van der Waals surface area contributed by atoms with E-state index in [1.165, 1.54) is 5.56 Å². The molecule has 0 aliphatic heterocycles. The Bertz CT molecular complexity index is 753. The van der Waals surface area contributed by atoms with Crippen LogP contribution in [0.15, 0.2) is 46.9 Å². The summed E-state index contributed by atoms with van der Waals surface area (Å²) in [5.41, 5.74) is 2.41. The summed E-state index contributed by atoms with van der Waals surface area (Å²) in [6, 6.07) is 13.8. The molecule has 0 bridgehead atoms. The van der Waals surface area contributed by atoms with Crippen LogP contribution in [0.2, 0.25) is 0 Å². The summed E-state index contributed by atoms with van der Waals surface area (Å²) in [7, 11) is 0. The summed E-state index contributed by atoms with van der Waals surface area (Å²) in [5.74, 6) is 1.28. The summed E-state index contributed by atoms with van der Waals surface area (Å²) < 4.78 is 12.0. The molecule has 1 amide bonds. The van der Waals surface area contributed by atoms with Crippen LogP contribution in [-0.4, -0.2) is 25.7 Å². The quantitative estimate of drug-likeness (QED) is 0.665. The van der Waals surface area contributed by atoms with E-state index in [0.29, 0.717) is 18.9 Å². The lowest BCUT2D eigenvalue weighted by molar-refractivity contribution is -0.123. The van der Waals surface area contributed by atoms with Crippen LogP contribution in [0, 0.1) is 6.92 Å². The zero-order valence-electron chi connectivity index (χ0n) is 15.8. The fourth-order valence-electron chi connectivity index (χ4n) is 2.34. The Balaban J connectivity index is 1.73. The van der Waals surface area contributed by atoms with Crippen molar-refractivity contribution in [1.82, 2.24) is 5.32 Å². The summed E-state index contributed by atoms with van der Waals surface area (Å²) >= 11 is 3.51. The van der Waals surface area contributed by atoms with Crippen LogP contribution in [0.1, 0.15) is 31.9 Å². The van der Waals surface area contributed by atoms with Gasteiger partial charge in [-0.15, -0.1) is 0 Å². The number of halogens is 1. The minimum atomic E-state index is -0.176. The van der Waals surface area contributed by atoms with Gasteiger partial charge in [-0.05, 0) is 63.7 Å². The molecule has 1 N–H and O–H groups in total. The Morgan fingerprint density at radius 1 is 1.12 bits per heavy atom. The summed E-state index contributed by atoms with van der Waals surface area (Å²) in [6.45, 7) is 9.29. The molecular formula is C21H26BrNO3. The topological polar surface area (TPSA) is 47.6 Å². The third-order valence-corrected chi connectivity index (χ3v) is 4.46. The van der Waals surface area contributed by atoms with Crippen LogP contribution >= 0.6 is 15.9 Å². The molecule has 0 atom stereocenters. The van der Waals surface area contributed by atoms with Gasteiger partial charge in [0.05, 0.1) is 11.0 Å². The SMILES string of the molecule is Cc1cccc(OCCNC(=O)COc2ccc(C(C)(C)C)cc2Br)c1. The molecule has 5 heteroatoms. The van der Waals surface area contributed by atoms with Crippen molar-refractivity contribution < 1.29 is 14.3 Å². The van der Waals surface area contributed by atoms with E-state index in [0.717, 1.165) is 15.8 Å². The van der Waals surface area contributed by atoms with Gasteiger partial charge in [0.2, 0.25) is 0 Å². The number of amides is 1. The maximum absolute atomic E-state index is 11.9. The first-order valence-electron chi connectivity index (χ1n) is 8.65. The third kappa shape index (κ3) is 6.37.